The number of hydrogen-bond donors (Lipinski definition) is 0. The van der Waals surface area contributed by atoms with Crippen LogP contribution >= 0.6 is 0 Å². The number of pyridine rings is 1. The molecule has 0 N–H and O–H groups in total. The Labute approximate surface area is 195 Å². The first-order valence-corrected chi connectivity index (χ1v) is 12.4. The van der Waals surface area contributed by atoms with Gasteiger partial charge in [-0.3, -0.25) is 4.79 Å². The maximum Gasteiger partial charge on any atom is 0.259 e. The van der Waals surface area contributed by atoms with Crippen LogP contribution in [-0.2, 0) is 0 Å². The van der Waals surface area contributed by atoms with Crippen LogP contribution in [0.1, 0.15) is 66.1 Å². The summed E-state index contributed by atoms with van der Waals surface area (Å²) in [6.07, 6.45) is 7.51. The molecule has 0 atom stereocenters. The van der Waals surface area contributed by atoms with E-state index in [1.807, 2.05) is 37.8 Å². The highest BCUT2D eigenvalue weighted by molar-refractivity contribution is 6.07. The standard InChI is InChI=1S/C26H34N4O3/c1-17-14-21(19(3)32-17)23-15-22(24-18(2)28-33-25(24)27-23)26(31)30-12-8-20(9-13-30)16-29-10-6-4-5-7-11-29/h14-15,20H,4-13,16H2,1-3H3. The second-order valence-corrected chi connectivity index (χ2v) is 9.78. The molecule has 0 aromatic carbocycles. The Hall–Kier alpha value is -2.67. The van der Waals surface area contributed by atoms with Gasteiger partial charge >= 0.3 is 0 Å². The zero-order valence-corrected chi connectivity index (χ0v) is 20.0. The summed E-state index contributed by atoms with van der Waals surface area (Å²) in [6, 6.07) is 3.84. The summed E-state index contributed by atoms with van der Waals surface area (Å²) in [6.45, 7) is 10.9. The van der Waals surface area contributed by atoms with Crippen molar-refractivity contribution in [3.05, 3.63) is 34.9 Å². The first-order valence-electron chi connectivity index (χ1n) is 12.4. The Morgan fingerprint density at radius 3 is 2.42 bits per heavy atom. The normalized spacial score (nSPS) is 18.7. The second-order valence-electron chi connectivity index (χ2n) is 9.78. The Morgan fingerprint density at radius 2 is 1.76 bits per heavy atom. The number of piperidine rings is 1. The lowest BCUT2D eigenvalue weighted by Crippen LogP contribution is -2.42. The van der Waals surface area contributed by atoms with E-state index in [1.54, 1.807) is 0 Å². The van der Waals surface area contributed by atoms with E-state index in [-0.39, 0.29) is 5.91 Å². The molecule has 0 unspecified atom stereocenters. The third-order valence-electron chi connectivity index (χ3n) is 7.28. The molecule has 0 spiro atoms. The number of aromatic nitrogens is 2. The van der Waals surface area contributed by atoms with E-state index in [4.69, 9.17) is 8.94 Å². The van der Waals surface area contributed by atoms with Crippen LogP contribution in [0.2, 0.25) is 0 Å². The average Bonchev–Trinajstić information content (AvgIpc) is 3.23. The van der Waals surface area contributed by atoms with Crippen molar-refractivity contribution >= 4 is 17.0 Å². The summed E-state index contributed by atoms with van der Waals surface area (Å²) in [7, 11) is 0. The van der Waals surface area contributed by atoms with Gasteiger partial charge in [0.1, 0.15) is 11.5 Å². The Bertz CT molecular complexity index is 1130. The molecule has 3 aromatic rings. The van der Waals surface area contributed by atoms with Crippen LogP contribution in [0.25, 0.3) is 22.4 Å². The number of rotatable bonds is 4. The lowest BCUT2D eigenvalue weighted by molar-refractivity contribution is 0.0669. The molecule has 7 nitrogen and oxygen atoms in total. The monoisotopic (exact) mass is 450 g/mol. The molecular formula is C26H34N4O3. The molecule has 33 heavy (non-hydrogen) atoms. The van der Waals surface area contributed by atoms with Gasteiger partial charge in [-0.2, -0.15) is 0 Å². The molecule has 0 bridgehead atoms. The van der Waals surface area contributed by atoms with Crippen molar-refractivity contribution in [2.45, 2.75) is 59.3 Å². The molecule has 7 heteroatoms. The summed E-state index contributed by atoms with van der Waals surface area (Å²) in [5.41, 5.74) is 3.30. The van der Waals surface area contributed by atoms with Crippen LogP contribution in [0.15, 0.2) is 21.1 Å². The predicted octanol–water partition coefficient (Wildman–Crippen LogP) is 5.14. The van der Waals surface area contributed by atoms with Gasteiger partial charge in [0.05, 0.1) is 22.3 Å². The molecule has 2 fully saturated rings. The molecule has 3 aromatic heterocycles. The van der Waals surface area contributed by atoms with E-state index in [0.717, 1.165) is 43.0 Å². The van der Waals surface area contributed by atoms with Crippen molar-refractivity contribution in [2.75, 3.05) is 32.7 Å². The molecule has 1 amide bonds. The van der Waals surface area contributed by atoms with Gasteiger partial charge in [0, 0.05) is 25.2 Å². The van der Waals surface area contributed by atoms with Crippen LogP contribution in [0.4, 0.5) is 0 Å². The van der Waals surface area contributed by atoms with Crippen molar-refractivity contribution in [3.63, 3.8) is 0 Å². The summed E-state index contributed by atoms with van der Waals surface area (Å²) >= 11 is 0. The molecule has 2 aliphatic heterocycles. The van der Waals surface area contributed by atoms with E-state index in [0.29, 0.717) is 34.0 Å². The number of amides is 1. The first kappa shape index (κ1) is 22.1. The Morgan fingerprint density at radius 1 is 1.03 bits per heavy atom. The Kier molecular flexibility index (Phi) is 6.23. The van der Waals surface area contributed by atoms with Gasteiger partial charge in [0.2, 0.25) is 0 Å². The largest absolute Gasteiger partial charge is 0.466 e. The van der Waals surface area contributed by atoms with Crippen LogP contribution in [0, 0.1) is 26.7 Å². The maximum atomic E-state index is 13.7. The summed E-state index contributed by atoms with van der Waals surface area (Å²) in [5, 5.41) is 4.81. The van der Waals surface area contributed by atoms with Crippen LogP contribution in [0.3, 0.4) is 0 Å². The predicted molar refractivity (Wildman–Crippen MR) is 127 cm³/mol. The van der Waals surface area contributed by atoms with Gasteiger partial charge in [-0.15, -0.1) is 0 Å². The molecule has 2 aliphatic rings. The van der Waals surface area contributed by atoms with Gasteiger partial charge in [0.15, 0.2) is 0 Å². The van der Waals surface area contributed by atoms with Gasteiger partial charge in [-0.1, -0.05) is 18.0 Å². The van der Waals surface area contributed by atoms with E-state index in [1.165, 1.54) is 45.3 Å². The molecule has 5 heterocycles. The van der Waals surface area contributed by atoms with Crippen molar-refractivity contribution in [2.24, 2.45) is 5.92 Å². The van der Waals surface area contributed by atoms with E-state index in [2.05, 4.69) is 15.0 Å². The first-order chi connectivity index (χ1) is 16.0. The number of furan rings is 1. The van der Waals surface area contributed by atoms with Crippen LogP contribution in [0.5, 0.6) is 0 Å². The van der Waals surface area contributed by atoms with Crippen LogP contribution < -0.4 is 0 Å². The average molecular weight is 451 g/mol. The van der Waals surface area contributed by atoms with Crippen molar-refractivity contribution in [1.29, 1.82) is 0 Å². The Balaban J connectivity index is 1.35. The SMILES string of the molecule is Cc1cc(-c2cc(C(=O)N3CCC(CN4CCCCCC4)CC3)c3c(C)noc3n2)c(C)o1. The highest BCUT2D eigenvalue weighted by atomic mass is 16.5. The van der Waals surface area contributed by atoms with E-state index < -0.39 is 0 Å². The number of carbonyl (C=O) groups is 1. The minimum atomic E-state index is 0.0426. The number of fused-ring (bicyclic) bond motifs is 1. The van der Waals surface area contributed by atoms with Crippen LogP contribution in [-0.4, -0.2) is 58.6 Å². The number of nitrogens with zero attached hydrogens (tertiary/aromatic N) is 4. The molecule has 176 valence electrons. The lowest BCUT2D eigenvalue weighted by Gasteiger charge is -2.34. The maximum absolute atomic E-state index is 13.7. The topological polar surface area (TPSA) is 75.6 Å². The molecule has 0 radical (unpaired) electrons. The molecule has 0 aliphatic carbocycles. The third-order valence-corrected chi connectivity index (χ3v) is 7.28. The number of aryl methyl sites for hydroxylation is 3. The van der Waals surface area contributed by atoms with Gasteiger partial charge in [0.25, 0.3) is 11.6 Å². The molecule has 2 saturated heterocycles. The number of carbonyl (C=O) groups excluding carboxylic acids is 1. The number of likely N-dealkylation sites (tertiary alicyclic amines) is 2. The van der Waals surface area contributed by atoms with Gasteiger partial charge in [-0.25, -0.2) is 4.98 Å². The van der Waals surface area contributed by atoms with Gasteiger partial charge in [-0.05, 0) is 77.6 Å². The summed E-state index contributed by atoms with van der Waals surface area (Å²) < 4.78 is 11.2. The smallest absolute Gasteiger partial charge is 0.259 e. The zero-order chi connectivity index (χ0) is 22.9. The number of hydrogen-bond acceptors (Lipinski definition) is 6. The third kappa shape index (κ3) is 4.56. The molecule has 0 saturated carbocycles. The van der Waals surface area contributed by atoms with Crippen molar-refractivity contribution in [1.82, 2.24) is 19.9 Å². The fraction of sp³-hybridized carbons (Fsp3) is 0.577. The minimum Gasteiger partial charge on any atom is -0.466 e. The fourth-order valence-corrected chi connectivity index (χ4v) is 5.46. The summed E-state index contributed by atoms with van der Waals surface area (Å²) in [5.74, 6) is 2.32. The minimum absolute atomic E-state index is 0.0426. The summed E-state index contributed by atoms with van der Waals surface area (Å²) in [4.78, 5) is 23.0. The quantitative estimate of drug-likeness (QED) is 0.548. The van der Waals surface area contributed by atoms with Crippen molar-refractivity contribution in [3.8, 4) is 11.3 Å². The van der Waals surface area contributed by atoms with Crippen molar-refractivity contribution < 1.29 is 13.7 Å². The van der Waals surface area contributed by atoms with Gasteiger partial charge < -0.3 is 18.7 Å². The molecule has 5 rings (SSSR count). The zero-order valence-electron chi connectivity index (χ0n) is 20.0. The highest BCUT2D eigenvalue weighted by Gasteiger charge is 2.28. The fourth-order valence-electron chi connectivity index (χ4n) is 5.46. The lowest BCUT2D eigenvalue weighted by atomic mass is 9.95. The van der Waals surface area contributed by atoms with E-state index in [9.17, 15) is 4.79 Å². The highest BCUT2D eigenvalue weighted by Crippen LogP contribution is 2.32. The second kappa shape index (κ2) is 9.29. The molecular weight excluding hydrogens is 416 g/mol. The van der Waals surface area contributed by atoms with E-state index >= 15 is 0 Å².